The molecule has 3 nitrogen and oxygen atoms in total. The number of para-hydroxylation sites is 1. The van der Waals surface area contributed by atoms with Crippen LogP contribution in [-0.4, -0.2) is 16.3 Å². The van der Waals surface area contributed by atoms with Crippen LogP contribution < -0.4 is 5.73 Å². The third-order valence-electron chi connectivity index (χ3n) is 3.11. The van der Waals surface area contributed by atoms with E-state index < -0.39 is 0 Å². The van der Waals surface area contributed by atoms with Gasteiger partial charge in [0.15, 0.2) is 0 Å². The predicted octanol–water partition coefficient (Wildman–Crippen LogP) is 2.10. The van der Waals surface area contributed by atoms with Crippen molar-refractivity contribution in [1.29, 1.82) is 0 Å². The van der Waals surface area contributed by atoms with E-state index in [4.69, 9.17) is 5.73 Å². The Morgan fingerprint density at radius 1 is 1.38 bits per heavy atom. The predicted molar refractivity (Wildman–Crippen MR) is 67.3 cm³/mol. The fraction of sp³-hybridized carbons (Fsp3) is 0.462. The van der Waals surface area contributed by atoms with E-state index in [1.807, 2.05) is 11.7 Å². The summed E-state index contributed by atoms with van der Waals surface area (Å²) < 4.78 is 1.96. The molecule has 3 heteroatoms. The Morgan fingerprint density at radius 3 is 2.88 bits per heavy atom. The van der Waals surface area contributed by atoms with Gasteiger partial charge in [0.1, 0.15) is 0 Å². The van der Waals surface area contributed by atoms with Crippen molar-refractivity contribution < 1.29 is 0 Å². The van der Waals surface area contributed by atoms with Crippen molar-refractivity contribution in [3.63, 3.8) is 0 Å². The molecule has 0 saturated carbocycles. The van der Waals surface area contributed by atoms with Crippen LogP contribution in [0.4, 0.5) is 0 Å². The Balaban J connectivity index is 2.24. The van der Waals surface area contributed by atoms with Crippen molar-refractivity contribution in [2.45, 2.75) is 19.8 Å². The summed E-state index contributed by atoms with van der Waals surface area (Å²) in [5.41, 5.74) is 8.03. The first-order valence-corrected chi connectivity index (χ1v) is 5.83. The Hall–Kier alpha value is -1.35. The highest BCUT2D eigenvalue weighted by atomic mass is 15.3. The molecule has 0 saturated heterocycles. The molecule has 1 aromatic heterocycles. The van der Waals surface area contributed by atoms with E-state index in [2.05, 4.69) is 36.3 Å². The SMILES string of the molecule is CC(CN)CCc1nn(C)c2ccccc12. The third kappa shape index (κ3) is 2.09. The van der Waals surface area contributed by atoms with Crippen LogP contribution in [0.15, 0.2) is 24.3 Å². The molecule has 2 N–H and O–H groups in total. The van der Waals surface area contributed by atoms with E-state index in [9.17, 15) is 0 Å². The summed E-state index contributed by atoms with van der Waals surface area (Å²) >= 11 is 0. The van der Waals surface area contributed by atoms with Gasteiger partial charge >= 0.3 is 0 Å². The van der Waals surface area contributed by atoms with Gasteiger partial charge < -0.3 is 5.73 Å². The summed E-state index contributed by atoms with van der Waals surface area (Å²) in [6.45, 7) is 2.94. The van der Waals surface area contributed by atoms with Gasteiger partial charge in [0.2, 0.25) is 0 Å². The van der Waals surface area contributed by atoms with Gasteiger partial charge in [-0.05, 0) is 31.4 Å². The van der Waals surface area contributed by atoms with Gasteiger partial charge in [0, 0.05) is 12.4 Å². The fourth-order valence-electron chi connectivity index (χ4n) is 1.97. The highest BCUT2D eigenvalue weighted by Gasteiger charge is 2.08. The number of aryl methyl sites for hydroxylation is 2. The first-order chi connectivity index (χ1) is 7.72. The lowest BCUT2D eigenvalue weighted by Gasteiger charge is -2.05. The average Bonchev–Trinajstić information content (AvgIpc) is 2.64. The maximum absolute atomic E-state index is 5.63. The number of rotatable bonds is 4. The van der Waals surface area contributed by atoms with Gasteiger partial charge in [0.25, 0.3) is 0 Å². The second-order valence-electron chi connectivity index (χ2n) is 4.47. The molecule has 1 unspecified atom stereocenters. The molecule has 0 amide bonds. The number of nitrogens with two attached hydrogens (primary N) is 1. The third-order valence-corrected chi connectivity index (χ3v) is 3.11. The van der Waals surface area contributed by atoms with Gasteiger partial charge in [-0.3, -0.25) is 4.68 Å². The quantitative estimate of drug-likeness (QED) is 0.852. The van der Waals surface area contributed by atoms with Crippen molar-refractivity contribution >= 4 is 10.9 Å². The molecule has 0 spiro atoms. The van der Waals surface area contributed by atoms with Gasteiger partial charge in [-0.2, -0.15) is 5.10 Å². The van der Waals surface area contributed by atoms with E-state index in [0.29, 0.717) is 5.92 Å². The van der Waals surface area contributed by atoms with E-state index in [-0.39, 0.29) is 0 Å². The van der Waals surface area contributed by atoms with Crippen molar-refractivity contribution in [3.8, 4) is 0 Å². The summed E-state index contributed by atoms with van der Waals surface area (Å²) in [7, 11) is 2.00. The van der Waals surface area contributed by atoms with Crippen LogP contribution in [0.3, 0.4) is 0 Å². The van der Waals surface area contributed by atoms with Crippen LogP contribution in [0.1, 0.15) is 19.0 Å². The molecule has 0 aliphatic heterocycles. The highest BCUT2D eigenvalue weighted by Crippen LogP contribution is 2.19. The second kappa shape index (κ2) is 4.66. The number of benzene rings is 1. The number of nitrogens with zero attached hydrogens (tertiary/aromatic N) is 2. The summed E-state index contributed by atoms with van der Waals surface area (Å²) in [5, 5.41) is 5.84. The zero-order chi connectivity index (χ0) is 11.5. The van der Waals surface area contributed by atoms with Crippen LogP contribution >= 0.6 is 0 Å². The van der Waals surface area contributed by atoms with E-state index in [0.717, 1.165) is 19.4 Å². The molecule has 0 aliphatic rings. The van der Waals surface area contributed by atoms with E-state index in [1.165, 1.54) is 16.6 Å². The van der Waals surface area contributed by atoms with E-state index in [1.54, 1.807) is 0 Å². The number of aromatic nitrogens is 2. The van der Waals surface area contributed by atoms with Crippen molar-refractivity contribution in [2.24, 2.45) is 18.7 Å². The molecule has 0 aliphatic carbocycles. The molecule has 0 radical (unpaired) electrons. The first kappa shape index (κ1) is 11.1. The molecule has 1 atom stereocenters. The van der Waals surface area contributed by atoms with Crippen molar-refractivity contribution in [2.75, 3.05) is 6.54 Å². The molecular weight excluding hydrogens is 198 g/mol. The molecular formula is C13H19N3. The van der Waals surface area contributed by atoms with Crippen molar-refractivity contribution in [1.82, 2.24) is 9.78 Å². The number of hydrogen-bond donors (Lipinski definition) is 1. The number of hydrogen-bond acceptors (Lipinski definition) is 2. The second-order valence-corrected chi connectivity index (χ2v) is 4.47. The van der Waals surface area contributed by atoms with Gasteiger partial charge in [-0.15, -0.1) is 0 Å². The maximum atomic E-state index is 5.63. The van der Waals surface area contributed by atoms with Crippen molar-refractivity contribution in [3.05, 3.63) is 30.0 Å². The molecule has 2 aromatic rings. The standard InChI is InChI=1S/C13H19N3/c1-10(9-14)7-8-12-11-5-3-4-6-13(11)16(2)15-12/h3-6,10H,7-9,14H2,1-2H3. The highest BCUT2D eigenvalue weighted by molar-refractivity contribution is 5.81. The maximum Gasteiger partial charge on any atom is 0.0703 e. The minimum absolute atomic E-state index is 0.570. The van der Waals surface area contributed by atoms with Crippen LogP contribution in [0.25, 0.3) is 10.9 Å². The number of fused-ring (bicyclic) bond motifs is 1. The minimum Gasteiger partial charge on any atom is -0.330 e. The first-order valence-electron chi connectivity index (χ1n) is 5.83. The molecule has 0 bridgehead atoms. The summed E-state index contributed by atoms with van der Waals surface area (Å²) in [4.78, 5) is 0. The Labute approximate surface area is 96.2 Å². The van der Waals surface area contributed by atoms with Crippen LogP contribution in [0.2, 0.25) is 0 Å². The normalized spacial score (nSPS) is 13.2. The largest absolute Gasteiger partial charge is 0.330 e. The fourth-order valence-corrected chi connectivity index (χ4v) is 1.97. The smallest absolute Gasteiger partial charge is 0.0703 e. The summed E-state index contributed by atoms with van der Waals surface area (Å²) in [6, 6.07) is 8.37. The average molecular weight is 217 g/mol. The molecule has 0 fully saturated rings. The zero-order valence-electron chi connectivity index (χ0n) is 9.98. The molecule has 1 aromatic carbocycles. The van der Waals surface area contributed by atoms with Gasteiger partial charge in [-0.25, -0.2) is 0 Å². The van der Waals surface area contributed by atoms with Crippen LogP contribution in [0, 0.1) is 5.92 Å². The Bertz CT molecular complexity index is 473. The molecule has 2 rings (SSSR count). The molecule has 86 valence electrons. The lowest BCUT2D eigenvalue weighted by Crippen LogP contribution is -2.11. The van der Waals surface area contributed by atoms with E-state index >= 15 is 0 Å². The Kier molecular flexibility index (Phi) is 3.25. The zero-order valence-corrected chi connectivity index (χ0v) is 9.98. The van der Waals surface area contributed by atoms with Gasteiger partial charge in [-0.1, -0.05) is 25.1 Å². The summed E-state index contributed by atoms with van der Waals surface area (Å²) in [5.74, 6) is 0.570. The summed E-state index contributed by atoms with van der Waals surface area (Å²) in [6.07, 6.45) is 2.12. The Morgan fingerprint density at radius 2 is 2.12 bits per heavy atom. The monoisotopic (exact) mass is 217 g/mol. The van der Waals surface area contributed by atoms with Crippen LogP contribution in [0.5, 0.6) is 0 Å². The lowest BCUT2D eigenvalue weighted by atomic mass is 10.0. The minimum atomic E-state index is 0.570. The molecule has 16 heavy (non-hydrogen) atoms. The molecule has 1 heterocycles. The van der Waals surface area contributed by atoms with Crippen LogP contribution in [-0.2, 0) is 13.5 Å². The van der Waals surface area contributed by atoms with Gasteiger partial charge in [0.05, 0.1) is 11.2 Å². The topological polar surface area (TPSA) is 43.8 Å². The lowest BCUT2D eigenvalue weighted by molar-refractivity contribution is 0.539.